The zero-order chi connectivity index (χ0) is 17.7. The van der Waals surface area contributed by atoms with Crippen LogP contribution in [0.15, 0.2) is 60.7 Å². The standard InChI is InChI=1S/C21H26INO2/c1-21(2)19(16-24-15-18-11-7-4-8-12-18)23(25-20(21)13-22)14-17-9-5-3-6-10-17/h3-12,19-20H,13-16H2,1-2H3. The molecule has 0 amide bonds. The van der Waals surface area contributed by atoms with Crippen LogP contribution in [0.1, 0.15) is 25.0 Å². The van der Waals surface area contributed by atoms with Crippen LogP contribution < -0.4 is 0 Å². The van der Waals surface area contributed by atoms with Crippen LogP contribution in [0.3, 0.4) is 0 Å². The molecule has 1 aliphatic rings. The predicted molar refractivity (Wildman–Crippen MR) is 109 cm³/mol. The topological polar surface area (TPSA) is 21.7 Å². The third-order valence-corrected chi connectivity index (χ3v) is 5.81. The summed E-state index contributed by atoms with van der Waals surface area (Å²) in [7, 11) is 0. The highest BCUT2D eigenvalue weighted by Crippen LogP contribution is 2.40. The van der Waals surface area contributed by atoms with Gasteiger partial charge in [0.15, 0.2) is 0 Å². The molecule has 2 unspecified atom stereocenters. The molecule has 134 valence electrons. The van der Waals surface area contributed by atoms with Gasteiger partial charge >= 0.3 is 0 Å². The van der Waals surface area contributed by atoms with E-state index in [1.807, 2.05) is 12.1 Å². The van der Waals surface area contributed by atoms with Gasteiger partial charge in [-0.15, -0.1) is 0 Å². The van der Waals surface area contributed by atoms with E-state index in [4.69, 9.17) is 9.57 Å². The molecule has 0 saturated carbocycles. The van der Waals surface area contributed by atoms with Crippen molar-refractivity contribution in [2.24, 2.45) is 5.41 Å². The Bertz CT molecular complexity index is 647. The molecule has 4 heteroatoms. The van der Waals surface area contributed by atoms with Crippen LogP contribution in [-0.4, -0.2) is 28.2 Å². The maximum atomic E-state index is 6.29. The smallest absolute Gasteiger partial charge is 0.0950 e. The van der Waals surface area contributed by atoms with Crippen molar-refractivity contribution in [1.29, 1.82) is 0 Å². The Morgan fingerprint density at radius 3 is 2.20 bits per heavy atom. The van der Waals surface area contributed by atoms with Crippen LogP contribution in [0.4, 0.5) is 0 Å². The van der Waals surface area contributed by atoms with Crippen LogP contribution in [0, 0.1) is 5.41 Å². The summed E-state index contributed by atoms with van der Waals surface area (Å²) in [4.78, 5) is 6.29. The first-order valence-corrected chi connectivity index (χ1v) is 10.3. The van der Waals surface area contributed by atoms with Crippen molar-refractivity contribution in [3.05, 3.63) is 71.8 Å². The van der Waals surface area contributed by atoms with Gasteiger partial charge in [-0.1, -0.05) is 97.1 Å². The summed E-state index contributed by atoms with van der Waals surface area (Å²) in [5.74, 6) is 0. The van der Waals surface area contributed by atoms with Gasteiger partial charge in [0.1, 0.15) is 0 Å². The van der Waals surface area contributed by atoms with E-state index in [-0.39, 0.29) is 17.6 Å². The van der Waals surface area contributed by atoms with Crippen molar-refractivity contribution in [2.45, 2.75) is 39.1 Å². The molecule has 0 radical (unpaired) electrons. The van der Waals surface area contributed by atoms with E-state index in [2.05, 4.69) is 90.0 Å². The van der Waals surface area contributed by atoms with Gasteiger partial charge in [-0.25, -0.2) is 0 Å². The van der Waals surface area contributed by atoms with E-state index in [9.17, 15) is 0 Å². The minimum Gasteiger partial charge on any atom is -0.375 e. The molecule has 0 aliphatic carbocycles. The Morgan fingerprint density at radius 1 is 1.00 bits per heavy atom. The summed E-state index contributed by atoms with van der Waals surface area (Å²) in [6, 6.07) is 21.1. The maximum Gasteiger partial charge on any atom is 0.0950 e. The van der Waals surface area contributed by atoms with Gasteiger partial charge in [0, 0.05) is 16.4 Å². The fourth-order valence-corrected chi connectivity index (χ4v) is 4.55. The Labute approximate surface area is 164 Å². The summed E-state index contributed by atoms with van der Waals surface area (Å²) in [5.41, 5.74) is 2.52. The van der Waals surface area contributed by atoms with E-state index in [1.165, 1.54) is 11.1 Å². The maximum absolute atomic E-state index is 6.29. The first-order valence-electron chi connectivity index (χ1n) is 8.76. The third-order valence-electron chi connectivity index (χ3n) is 5.01. The molecule has 25 heavy (non-hydrogen) atoms. The lowest BCUT2D eigenvalue weighted by molar-refractivity contribution is -0.171. The van der Waals surface area contributed by atoms with Crippen molar-refractivity contribution in [2.75, 3.05) is 11.0 Å². The summed E-state index contributed by atoms with van der Waals surface area (Å²) >= 11 is 2.42. The highest BCUT2D eigenvalue weighted by Gasteiger charge is 2.49. The quantitative estimate of drug-likeness (QED) is 0.444. The van der Waals surface area contributed by atoms with Crippen LogP contribution >= 0.6 is 22.6 Å². The average Bonchev–Trinajstić information content (AvgIpc) is 2.87. The van der Waals surface area contributed by atoms with Gasteiger partial charge in [-0.3, -0.25) is 4.84 Å². The molecule has 0 bridgehead atoms. The minimum atomic E-state index is 0.0483. The van der Waals surface area contributed by atoms with Crippen LogP contribution in [-0.2, 0) is 22.7 Å². The van der Waals surface area contributed by atoms with Gasteiger partial charge in [0.2, 0.25) is 0 Å². The first kappa shape index (κ1) is 18.8. The van der Waals surface area contributed by atoms with Gasteiger partial charge < -0.3 is 4.74 Å². The number of halogens is 1. The molecular formula is C21H26INO2. The van der Waals surface area contributed by atoms with Crippen LogP contribution in [0.2, 0.25) is 0 Å². The summed E-state index contributed by atoms with van der Waals surface area (Å²) in [6.07, 6.45) is 0.210. The number of benzene rings is 2. The molecule has 2 atom stereocenters. The average molecular weight is 451 g/mol. The van der Waals surface area contributed by atoms with E-state index >= 15 is 0 Å². The van der Waals surface area contributed by atoms with Crippen LogP contribution in [0.25, 0.3) is 0 Å². The number of alkyl halides is 1. The molecule has 3 nitrogen and oxygen atoms in total. The van der Waals surface area contributed by atoms with Gasteiger partial charge in [-0.2, -0.15) is 5.06 Å². The third kappa shape index (κ3) is 4.61. The predicted octanol–water partition coefficient (Wildman–Crippen LogP) is 4.85. The minimum absolute atomic E-state index is 0.0483. The molecule has 1 saturated heterocycles. The second-order valence-electron chi connectivity index (χ2n) is 7.15. The van der Waals surface area contributed by atoms with Crippen molar-refractivity contribution in [1.82, 2.24) is 5.06 Å². The number of hydrogen-bond donors (Lipinski definition) is 0. The second-order valence-corrected chi connectivity index (χ2v) is 8.03. The molecular weight excluding hydrogens is 425 g/mol. The Balaban J connectivity index is 1.67. The molecule has 0 aromatic heterocycles. The molecule has 1 fully saturated rings. The first-order chi connectivity index (χ1) is 12.1. The van der Waals surface area contributed by atoms with Crippen molar-refractivity contribution in [3.8, 4) is 0 Å². The highest BCUT2D eigenvalue weighted by atomic mass is 127. The second kappa shape index (κ2) is 8.62. The normalized spacial score (nSPS) is 23.0. The number of rotatable bonds is 7. The van der Waals surface area contributed by atoms with Gasteiger partial charge in [0.05, 0.1) is 25.4 Å². The Kier molecular flexibility index (Phi) is 6.49. The Hall–Kier alpha value is -0.950. The number of hydroxylamine groups is 2. The van der Waals surface area contributed by atoms with E-state index in [0.717, 1.165) is 11.0 Å². The largest absolute Gasteiger partial charge is 0.375 e. The van der Waals surface area contributed by atoms with Gasteiger partial charge in [-0.05, 0) is 11.1 Å². The lowest BCUT2D eigenvalue weighted by Gasteiger charge is -2.31. The van der Waals surface area contributed by atoms with Crippen molar-refractivity contribution < 1.29 is 9.57 Å². The molecule has 2 aromatic rings. The monoisotopic (exact) mass is 451 g/mol. The number of nitrogens with zero attached hydrogens (tertiary/aromatic N) is 1. The highest BCUT2D eigenvalue weighted by molar-refractivity contribution is 14.1. The summed E-state index contributed by atoms with van der Waals surface area (Å²) in [5, 5.41) is 2.13. The van der Waals surface area contributed by atoms with Crippen molar-refractivity contribution in [3.63, 3.8) is 0 Å². The summed E-state index contributed by atoms with van der Waals surface area (Å²) < 4.78 is 7.05. The molecule has 1 heterocycles. The lowest BCUT2D eigenvalue weighted by atomic mass is 9.81. The molecule has 0 N–H and O–H groups in total. The molecule has 3 rings (SSSR count). The zero-order valence-electron chi connectivity index (χ0n) is 14.9. The fraction of sp³-hybridized carbons (Fsp3) is 0.429. The van der Waals surface area contributed by atoms with E-state index in [0.29, 0.717) is 13.2 Å². The van der Waals surface area contributed by atoms with Gasteiger partial charge in [0.25, 0.3) is 0 Å². The zero-order valence-corrected chi connectivity index (χ0v) is 17.1. The molecule has 0 spiro atoms. The SMILES string of the molecule is CC1(C)C(CI)ON(Cc2ccccc2)C1COCc1ccccc1. The van der Waals surface area contributed by atoms with E-state index < -0.39 is 0 Å². The number of hydrogen-bond acceptors (Lipinski definition) is 3. The number of ether oxygens (including phenoxy) is 1. The lowest BCUT2D eigenvalue weighted by Crippen LogP contribution is -2.41. The molecule has 1 aliphatic heterocycles. The Morgan fingerprint density at radius 2 is 1.60 bits per heavy atom. The van der Waals surface area contributed by atoms with Crippen LogP contribution in [0.5, 0.6) is 0 Å². The van der Waals surface area contributed by atoms with Crippen molar-refractivity contribution >= 4 is 22.6 Å². The van der Waals surface area contributed by atoms with E-state index in [1.54, 1.807) is 0 Å². The molecule has 2 aromatic carbocycles. The summed E-state index contributed by atoms with van der Waals surface area (Å²) in [6.45, 7) is 6.68. The fourth-order valence-electron chi connectivity index (χ4n) is 3.26.